The Kier molecular flexibility index (Phi) is 5.70. The number of carbonyl (C=O) groups is 1. The third-order valence-electron chi connectivity index (χ3n) is 2.74. The van der Waals surface area contributed by atoms with Gasteiger partial charge >= 0.3 is 0 Å². The van der Waals surface area contributed by atoms with Crippen molar-refractivity contribution in [1.82, 2.24) is 4.90 Å². The van der Waals surface area contributed by atoms with Crippen LogP contribution in [0.4, 0.5) is 0 Å². The highest BCUT2D eigenvalue weighted by Gasteiger charge is 2.09. The molecule has 94 valence electrons. The zero-order valence-corrected chi connectivity index (χ0v) is 10.7. The van der Waals surface area contributed by atoms with Gasteiger partial charge in [0.25, 0.3) is 0 Å². The minimum atomic E-state index is 0.183. The summed E-state index contributed by atoms with van der Waals surface area (Å²) in [7, 11) is 1.85. The van der Waals surface area contributed by atoms with Gasteiger partial charge in [0.1, 0.15) is 0 Å². The number of nitrogens with zero attached hydrogens (tertiary/aromatic N) is 1. The molecule has 1 aromatic rings. The summed E-state index contributed by atoms with van der Waals surface area (Å²) < 4.78 is 0. The van der Waals surface area contributed by atoms with Gasteiger partial charge < -0.3 is 10.6 Å². The molecule has 1 unspecified atom stereocenters. The minimum absolute atomic E-state index is 0.183. The fourth-order valence-electron chi connectivity index (χ4n) is 1.71. The average molecular weight is 234 g/mol. The molecular weight excluding hydrogens is 212 g/mol. The smallest absolute Gasteiger partial charge is 0.222 e. The van der Waals surface area contributed by atoms with Gasteiger partial charge in [-0.05, 0) is 25.3 Å². The zero-order chi connectivity index (χ0) is 12.7. The van der Waals surface area contributed by atoms with Crippen LogP contribution in [0.25, 0.3) is 0 Å². The van der Waals surface area contributed by atoms with Gasteiger partial charge in [-0.15, -0.1) is 0 Å². The highest BCUT2D eigenvalue weighted by molar-refractivity contribution is 5.75. The molecule has 0 saturated heterocycles. The highest BCUT2D eigenvalue weighted by Crippen LogP contribution is 2.06. The van der Waals surface area contributed by atoms with E-state index in [0.717, 1.165) is 18.4 Å². The highest BCUT2D eigenvalue weighted by atomic mass is 16.2. The lowest BCUT2D eigenvalue weighted by Gasteiger charge is -2.17. The molecule has 0 aliphatic heterocycles. The van der Waals surface area contributed by atoms with Crippen LogP contribution < -0.4 is 5.73 Å². The summed E-state index contributed by atoms with van der Waals surface area (Å²) in [6.45, 7) is 2.65. The van der Waals surface area contributed by atoms with Crippen molar-refractivity contribution in [2.24, 2.45) is 5.73 Å². The second kappa shape index (κ2) is 7.07. The molecule has 1 rings (SSSR count). The summed E-state index contributed by atoms with van der Waals surface area (Å²) in [5.74, 6) is 0.189. The van der Waals surface area contributed by atoms with Crippen molar-refractivity contribution < 1.29 is 4.79 Å². The Morgan fingerprint density at radius 1 is 1.35 bits per heavy atom. The quantitative estimate of drug-likeness (QED) is 0.820. The first kappa shape index (κ1) is 13.7. The maximum atomic E-state index is 11.8. The van der Waals surface area contributed by atoms with E-state index in [-0.39, 0.29) is 11.9 Å². The topological polar surface area (TPSA) is 46.3 Å². The number of hydrogen-bond acceptors (Lipinski definition) is 2. The van der Waals surface area contributed by atoms with Crippen LogP contribution in [0.15, 0.2) is 30.3 Å². The first-order chi connectivity index (χ1) is 8.09. The number of carbonyl (C=O) groups excluding carboxylic acids is 1. The van der Waals surface area contributed by atoms with Crippen LogP contribution in [0.2, 0.25) is 0 Å². The van der Waals surface area contributed by atoms with E-state index in [2.05, 4.69) is 0 Å². The van der Waals surface area contributed by atoms with Crippen molar-refractivity contribution in [2.75, 3.05) is 7.05 Å². The van der Waals surface area contributed by atoms with E-state index in [9.17, 15) is 4.79 Å². The second-order valence-corrected chi connectivity index (χ2v) is 4.60. The number of amides is 1. The molecule has 1 atom stereocenters. The first-order valence-electron chi connectivity index (χ1n) is 6.13. The first-order valence-corrected chi connectivity index (χ1v) is 6.13. The third kappa shape index (κ3) is 5.50. The van der Waals surface area contributed by atoms with Crippen LogP contribution in [0.3, 0.4) is 0 Å². The minimum Gasteiger partial charge on any atom is -0.341 e. The van der Waals surface area contributed by atoms with Gasteiger partial charge in [-0.25, -0.2) is 0 Å². The number of nitrogens with two attached hydrogens (primary N) is 1. The van der Waals surface area contributed by atoms with Crippen molar-refractivity contribution in [3.8, 4) is 0 Å². The molecular formula is C14H22N2O. The van der Waals surface area contributed by atoms with Crippen LogP contribution in [0, 0.1) is 0 Å². The molecule has 0 bridgehead atoms. The molecule has 0 aromatic heterocycles. The van der Waals surface area contributed by atoms with Gasteiger partial charge in [0, 0.05) is 26.1 Å². The van der Waals surface area contributed by atoms with E-state index in [1.807, 2.05) is 44.3 Å². The molecule has 0 saturated carbocycles. The SMILES string of the molecule is CC(N)CCCC(=O)N(C)Cc1ccccc1. The van der Waals surface area contributed by atoms with E-state index in [4.69, 9.17) is 5.73 Å². The summed E-state index contributed by atoms with van der Waals surface area (Å²) in [6, 6.07) is 10.2. The third-order valence-corrected chi connectivity index (χ3v) is 2.74. The predicted molar refractivity (Wildman–Crippen MR) is 70.4 cm³/mol. The summed E-state index contributed by atoms with van der Waals surface area (Å²) in [6.07, 6.45) is 2.37. The molecule has 0 aliphatic carbocycles. The van der Waals surface area contributed by atoms with Crippen LogP contribution in [-0.4, -0.2) is 23.9 Å². The van der Waals surface area contributed by atoms with Crippen LogP contribution in [0.5, 0.6) is 0 Å². The fourth-order valence-corrected chi connectivity index (χ4v) is 1.71. The van der Waals surface area contributed by atoms with Crippen molar-refractivity contribution in [1.29, 1.82) is 0 Å². The van der Waals surface area contributed by atoms with Crippen LogP contribution >= 0.6 is 0 Å². The van der Waals surface area contributed by atoms with Crippen LogP contribution in [0.1, 0.15) is 31.7 Å². The zero-order valence-electron chi connectivity index (χ0n) is 10.7. The van der Waals surface area contributed by atoms with E-state index in [0.29, 0.717) is 13.0 Å². The molecule has 3 heteroatoms. The van der Waals surface area contributed by atoms with Gasteiger partial charge in [-0.3, -0.25) is 4.79 Å². The largest absolute Gasteiger partial charge is 0.341 e. The Bertz CT molecular complexity index is 335. The Hall–Kier alpha value is -1.35. The van der Waals surface area contributed by atoms with E-state index >= 15 is 0 Å². The standard InChI is InChI=1S/C14H22N2O/c1-12(15)7-6-10-14(17)16(2)11-13-8-4-3-5-9-13/h3-5,8-9,12H,6-7,10-11,15H2,1-2H3. The molecule has 0 heterocycles. The maximum Gasteiger partial charge on any atom is 0.222 e. The molecule has 0 fully saturated rings. The summed E-state index contributed by atoms with van der Waals surface area (Å²) in [5, 5.41) is 0. The number of hydrogen-bond donors (Lipinski definition) is 1. The van der Waals surface area contributed by atoms with Crippen molar-refractivity contribution >= 4 is 5.91 Å². The molecule has 1 amide bonds. The molecule has 17 heavy (non-hydrogen) atoms. The molecule has 0 radical (unpaired) electrons. The number of rotatable bonds is 6. The molecule has 3 nitrogen and oxygen atoms in total. The van der Waals surface area contributed by atoms with Gasteiger partial charge in [0.2, 0.25) is 5.91 Å². The fraction of sp³-hybridized carbons (Fsp3) is 0.500. The van der Waals surface area contributed by atoms with Gasteiger partial charge in [-0.1, -0.05) is 30.3 Å². The van der Waals surface area contributed by atoms with E-state index in [1.54, 1.807) is 4.90 Å². The van der Waals surface area contributed by atoms with E-state index < -0.39 is 0 Å². The van der Waals surface area contributed by atoms with Gasteiger partial charge in [-0.2, -0.15) is 0 Å². The molecule has 0 spiro atoms. The predicted octanol–water partition coefficient (Wildman–Crippen LogP) is 2.16. The molecule has 2 N–H and O–H groups in total. The molecule has 1 aromatic carbocycles. The Morgan fingerprint density at radius 2 is 2.00 bits per heavy atom. The van der Waals surface area contributed by atoms with Gasteiger partial charge in [0.05, 0.1) is 0 Å². The average Bonchev–Trinajstić information content (AvgIpc) is 2.29. The summed E-state index contributed by atoms with van der Waals surface area (Å²) >= 11 is 0. The van der Waals surface area contributed by atoms with Gasteiger partial charge in [0.15, 0.2) is 0 Å². The monoisotopic (exact) mass is 234 g/mol. The normalized spacial score (nSPS) is 12.2. The molecule has 0 aliphatic rings. The Labute approximate surface area is 104 Å². The summed E-state index contributed by atoms with van der Waals surface area (Å²) in [5.41, 5.74) is 6.82. The van der Waals surface area contributed by atoms with E-state index in [1.165, 1.54) is 0 Å². The lowest BCUT2D eigenvalue weighted by molar-refractivity contribution is -0.130. The number of benzene rings is 1. The van der Waals surface area contributed by atoms with Crippen molar-refractivity contribution in [3.05, 3.63) is 35.9 Å². The second-order valence-electron chi connectivity index (χ2n) is 4.60. The maximum absolute atomic E-state index is 11.8. The van der Waals surface area contributed by atoms with Crippen LogP contribution in [-0.2, 0) is 11.3 Å². The Balaban J connectivity index is 2.32. The van der Waals surface area contributed by atoms with Crippen molar-refractivity contribution in [2.45, 2.75) is 38.8 Å². The lowest BCUT2D eigenvalue weighted by Crippen LogP contribution is -2.26. The lowest BCUT2D eigenvalue weighted by atomic mass is 10.1. The van der Waals surface area contributed by atoms with Crippen molar-refractivity contribution in [3.63, 3.8) is 0 Å². The Morgan fingerprint density at radius 3 is 2.59 bits per heavy atom. The summed E-state index contributed by atoms with van der Waals surface area (Å²) in [4.78, 5) is 13.6.